The van der Waals surface area contributed by atoms with Crippen LogP contribution in [-0.4, -0.2) is 17.6 Å². The van der Waals surface area contributed by atoms with Crippen LogP contribution in [0.5, 0.6) is 0 Å². The molecule has 0 aliphatic carbocycles. The third kappa shape index (κ3) is 2.69. The minimum Gasteiger partial charge on any atom is -0.378 e. The summed E-state index contributed by atoms with van der Waals surface area (Å²) in [5.41, 5.74) is 0. The van der Waals surface area contributed by atoms with E-state index in [1.807, 2.05) is 0 Å². The van der Waals surface area contributed by atoms with E-state index in [-0.39, 0.29) is 6.10 Å². The summed E-state index contributed by atoms with van der Waals surface area (Å²) in [7, 11) is 0. The number of hydrogen-bond acceptors (Lipinski definition) is 2. The predicted molar refractivity (Wildman–Crippen MR) is 43.5 cm³/mol. The molecule has 1 heterocycles. The van der Waals surface area contributed by atoms with Crippen LogP contribution in [0.15, 0.2) is 0 Å². The molecule has 2 unspecified atom stereocenters. The third-order valence-electron chi connectivity index (χ3n) is 1.87. The van der Waals surface area contributed by atoms with Gasteiger partial charge in [-0.25, -0.2) is 0 Å². The molecular formula is C8H12ClNO. The fourth-order valence-corrected chi connectivity index (χ4v) is 1.45. The molecule has 1 saturated heterocycles. The van der Waals surface area contributed by atoms with Crippen molar-refractivity contribution in [3.63, 3.8) is 0 Å². The van der Waals surface area contributed by atoms with Gasteiger partial charge in [-0.15, -0.1) is 11.6 Å². The van der Waals surface area contributed by atoms with E-state index in [1.165, 1.54) is 0 Å². The van der Waals surface area contributed by atoms with Gasteiger partial charge in [0, 0.05) is 13.0 Å². The Morgan fingerprint density at radius 2 is 2.55 bits per heavy atom. The summed E-state index contributed by atoms with van der Waals surface area (Å²) in [5.74, 6) is 0. The van der Waals surface area contributed by atoms with Gasteiger partial charge in [-0.1, -0.05) is 0 Å². The molecule has 11 heavy (non-hydrogen) atoms. The number of ether oxygens (including phenoxy) is 1. The van der Waals surface area contributed by atoms with Crippen LogP contribution in [0, 0.1) is 11.3 Å². The molecule has 0 aromatic rings. The Balaban J connectivity index is 2.35. The number of alkyl halides is 1. The SMILES string of the molecule is CC(Cl)(C#N)CC1CCCO1. The van der Waals surface area contributed by atoms with Crippen LogP contribution in [-0.2, 0) is 4.74 Å². The van der Waals surface area contributed by atoms with Crippen molar-refractivity contribution in [3.8, 4) is 6.07 Å². The number of halogens is 1. The number of hydrogen-bond donors (Lipinski definition) is 0. The maximum atomic E-state index is 8.62. The lowest BCUT2D eigenvalue weighted by Crippen LogP contribution is -2.21. The van der Waals surface area contributed by atoms with Crippen molar-refractivity contribution >= 4 is 11.6 Å². The minimum absolute atomic E-state index is 0.206. The third-order valence-corrected chi connectivity index (χ3v) is 2.11. The molecule has 0 N–H and O–H groups in total. The summed E-state index contributed by atoms with van der Waals surface area (Å²) in [6.07, 6.45) is 3.00. The Hall–Kier alpha value is -0.260. The predicted octanol–water partition coefficient (Wildman–Crippen LogP) is 2.08. The molecule has 1 fully saturated rings. The summed E-state index contributed by atoms with van der Waals surface area (Å²) < 4.78 is 5.36. The van der Waals surface area contributed by atoms with E-state index in [0.29, 0.717) is 6.42 Å². The average Bonchev–Trinajstić information content (AvgIpc) is 2.39. The number of rotatable bonds is 2. The molecule has 0 aromatic carbocycles. The minimum atomic E-state index is -0.741. The highest BCUT2D eigenvalue weighted by atomic mass is 35.5. The van der Waals surface area contributed by atoms with Crippen molar-refractivity contribution in [2.45, 2.75) is 37.2 Å². The highest BCUT2D eigenvalue weighted by molar-refractivity contribution is 6.25. The molecule has 0 bridgehead atoms. The zero-order valence-electron chi connectivity index (χ0n) is 6.64. The van der Waals surface area contributed by atoms with E-state index in [2.05, 4.69) is 6.07 Å². The van der Waals surface area contributed by atoms with Gasteiger partial charge >= 0.3 is 0 Å². The van der Waals surface area contributed by atoms with Crippen LogP contribution < -0.4 is 0 Å². The maximum absolute atomic E-state index is 8.62. The quantitative estimate of drug-likeness (QED) is 0.599. The van der Waals surface area contributed by atoms with Gasteiger partial charge in [0.15, 0.2) is 0 Å². The van der Waals surface area contributed by atoms with Crippen LogP contribution in [0.3, 0.4) is 0 Å². The molecule has 1 rings (SSSR count). The molecule has 0 saturated carbocycles. The van der Waals surface area contributed by atoms with Gasteiger partial charge in [0.05, 0.1) is 12.2 Å². The summed E-state index contributed by atoms with van der Waals surface area (Å²) in [6, 6.07) is 2.05. The number of nitrogens with zero attached hydrogens (tertiary/aromatic N) is 1. The van der Waals surface area contributed by atoms with Gasteiger partial charge in [-0.3, -0.25) is 0 Å². The molecule has 0 amide bonds. The smallest absolute Gasteiger partial charge is 0.130 e. The Labute approximate surface area is 72.1 Å². The van der Waals surface area contributed by atoms with E-state index in [1.54, 1.807) is 6.92 Å². The van der Waals surface area contributed by atoms with E-state index >= 15 is 0 Å². The van der Waals surface area contributed by atoms with Gasteiger partial charge in [0.25, 0.3) is 0 Å². The van der Waals surface area contributed by atoms with Gasteiger partial charge in [-0.2, -0.15) is 5.26 Å². The van der Waals surface area contributed by atoms with Gasteiger partial charge in [-0.05, 0) is 19.8 Å². The zero-order valence-corrected chi connectivity index (χ0v) is 7.40. The van der Waals surface area contributed by atoms with Crippen molar-refractivity contribution in [2.75, 3.05) is 6.61 Å². The average molecular weight is 174 g/mol. The fourth-order valence-electron chi connectivity index (χ4n) is 1.28. The molecular weight excluding hydrogens is 162 g/mol. The zero-order chi connectivity index (χ0) is 8.32. The summed E-state index contributed by atoms with van der Waals surface area (Å²) in [4.78, 5) is -0.741. The van der Waals surface area contributed by atoms with Crippen molar-refractivity contribution in [2.24, 2.45) is 0 Å². The largest absolute Gasteiger partial charge is 0.378 e. The molecule has 2 nitrogen and oxygen atoms in total. The summed E-state index contributed by atoms with van der Waals surface area (Å²) in [6.45, 7) is 2.55. The van der Waals surface area contributed by atoms with Crippen LogP contribution >= 0.6 is 11.6 Å². The van der Waals surface area contributed by atoms with E-state index in [9.17, 15) is 0 Å². The molecule has 1 aliphatic rings. The van der Waals surface area contributed by atoms with E-state index in [4.69, 9.17) is 21.6 Å². The molecule has 0 radical (unpaired) electrons. The lowest BCUT2D eigenvalue weighted by atomic mass is 10.0. The number of nitriles is 1. The van der Waals surface area contributed by atoms with Crippen molar-refractivity contribution in [1.29, 1.82) is 5.26 Å². The van der Waals surface area contributed by atoms with Crippen molar-refractivity contribution in [1.82, 2.24) is 0 Å². The Bertz CT molecular complexity index is 167. The molecule has 1 aliphatic heterocycles. The molecule has 0 spiro atoms. The van der Waals surface area contributed by atoms with Gasteiger partial charge in [0.2, 0.25) is 0 Å². The fraction of sp³-hybridized carbons (Fsp3) is 0.875. The van der Waals surface area contributed by atoms with Crippen LogP contribution in [0.25, 0.3) is 0 Å². The Morgan fingerprint density at radius 3 is 3.00 bits per heavy atom. The maximum Gasteiger partial charge on any atom is 0.130 e. The molecule has 0 aromatic heterocycles. The van der Waals surface area contributed by atoms with Gasteiger partial charge < -0.3 is 4.74 Å². The molecule has 62 valence electrons. The Morgan fingerprint density at radius 1 is 1.82 bits per heavy atom. The second kappa shape index (κ2) is 3.42. The van der Waals surface area contributed by atoms with Crippen LogP contribution in [0.2, 0.25) is 0 Å². The lowest BCUT2D eigenvalue weighted by molar-refractivity contribution is 0.0999. The van der Waals surface area contributed by atoms with Crippen LogP contribution in [0.4, 0.5) is 0 Å². The first-order valence-electron chi connectivity index (χ1n) is 3.86. The highest BCUT2D eigenvalue weighted by Gasteiger charge is 2.27. The standard InChI is InChI=1S/C8H12ClNO/c1-8(9,6-10)5-7-3-2-4-11-7/h7H,2-5H2,1H3. The first-order chi connectivity index (χ1) is 5.14. The van der Waals surface area contributed by atoms with E-state index in [0.717, 1.165) is 19.4 Å². The second-order valence-corrected chi connectivity index (χ2v) is 3.98. The Kier molecular flexibility index (Phi) is 2.75. The monoisotopic (exact) mass is 173 g/mol. The summed E-state index contributed by atoms with van der Waals surface area (Å²) >= 11 is 5.86. The first-order valence-corrected chi connectivity index (χ1v) is 4.23. The van der Waals surface area contributed by atoms with Gasteiger partial charge in [0.1, 0.15) is 4.87 Å². The molecule has 3 heteroatoms. The first kappa shape index (κ1) is 8.83. The van der Waals surface area contributed by atoms with Crippen molar-refractivity contribution in [3.05, 3.63) is 0 Å². The lowest BCUT2D eigenvalue weighted by Gasteiger charge is -2.16. The normalized spacial score (nSPS) is 29.4. The summed E-state index contributed by atoms with van der Waals surface area (Å²) in [5, 5.41) is 8.62. The second-order valence-electron chi connectivity index (χ2n) is 3.15. The highest BCUT2D eigenvalue weighted by Crippen LogP contribution is 2.26. The van der Waals surface area contributed by atoms with Crippen molar-refractivity contribution < 1.29 is 4.74 Å². The topological polar surface area (TPSA) is 33.0 Å². The molecule has 2 atom stereocenters. The van der Waals surface area contributed by atoms with E-state index < -0.39 is 4.87 Å². The van der Waals surface area contributed by atoms with Crippen LogP contribution in [0.1, 0.15) is 26.2 Å².